The van der Waals surface area contributed by atoms with Crippen molar-refractivity contribution in [2.75, 3.05) is 0 Å². The van der Waals surface area contributed by atoms with Crippen molar-refractivity contribution < 1.29 is 8.42 Å². The second-order valence-electron chi connectivity index (χ2n) is 6.10. The molecule has 1 atom stereocenters. The second kappa shape index (κ2) is 6.69. The van der Waals surface area contributed by atoms with Crippen molar-refractivity contribution in [2.45, 2.75) is 25.8 Å². The predicted molar refractivity (Wildman–Crippen MR) is 94.2 cm³/mol. The zero-order valence-corrected chi connectivity index (χ0v) is 14.0. The number of aryl methyl sites for hydroxylation is 1. The van der Waals surface area contributed by atoms with Crippen LogP contribution in [0.4, 0.5) is 0 Å². The molecule has 2 aromatic rings. The minimum atomic E-state index is -3.47. The maximum absolute atomic E-state index is 12.4. The minimum Gasteiger partial charge on any atom is -0.208 e. The quantitative estimate of drug-likeness (QED) is 0.870. The van der Waals surface area contributed by atoms with Crippen molar-refractivity contribution in [1.29, 1.82) is 0 Å². The molecular weight excluding hydrogens is 306 g/mol. The van der Waals surface area contributed by atoms with E-state index in [1.165, 1.54) is 11.0 Å². The standard InChI is InChI=1S/C19H21NO2S/c1-15-7-9-17(10-8-15)19(18-11-12-18)20-23(21,22)14-13-16-5-3-2-4-6-16/h2-10,13-14,18-20H,11-12H2,1H3/b14-13+. The highest BCUT2D eigenvalue weighted by Crippen LogP contribution is 2.41. The molecule has 0 radical (unpaired) electrons. The van der Waals surface area contributed by atoms with Crippen molar-refractivity contribution in [1.82, 2.24) is 4.72 Å². The van der Waals surface area contributed by atoms with E-state index in [4.69, 9.17) is 0 Å². The van der Waals surface area contributed by atoms with Gasteiger partial charge in [0, 0.05) is 11.4 Å². The molecule has 3 nitrogen and oxygen atoms in total. The molecule has 0 aliphatic heterocycles. The summed E-state index contributed by atoms with van der Waals surface area (Å²) in [6.07, 6.45) is 3.77. The van der Waals surface area contributed by atoms with Crippen LogP contribution in [0, 0.1) is 12.8 Å². The zero-order chi connectivity index (χ0) is 16.3. The van der Waals surface area contributed by atoms with E-state index in [1.807, 2.05) is 61.5 Å². The van der Waals surface area contributed by atoms with Crippen molar-refractivity contribution in [3.63, 3.8) is 0 Å². The van der Waals surface area contributed by atoms with E-state index in [0.717, 1.165) is 24.0 Å². The van der Waals surface area contributed by atoms with Crippen LogP contribution in [0.3, 0.4) is 0 Å². The largest absolute Gasteiger partial charge is 0.234 e. The number of benzene rings is 2. The lowest BCUT2D eigenvalue weighted by molar-refractivity contribution is 0.536. The monoisotopic (exact) mass is 327 g/mol. The Kier molecular flexibility index (Phi) is 4.64. The first-order valence-corrected chi connectivity index (χ1v) is 9.40. The van der Waals surface area contributed by atoms with Crippen LogP contribution in [0.2, 0.25) is 0 Å². The summed E-state index contributed by atoms with van der Waals surface area (Å²) in [5, 5.41) is 1.26. The summed E-state index contributed by atoms with van der Waals surface area (Å²) in [5.74, 6) is 0.401. The number of sulfonamides is 1. The molecule has 23 heavy (non-hydrogen) atoms. The Hall–Kier alpha value is -1.91. The van der Waals surface area contributed by atoms with Gasteiger partial charge in [-0.1, -0.05) is 60.2 Å². The summed E-state index contributed by atoms with van der Waals surface area (Å²) >= 11 is 0. The van der Waals surface area contributed by atoms with Gasteiger partial charge in [0.15, 0.2) is 0 Å². The first-order chi connectivity index (χ1) is 11.0. The molecule has 1 N–H and O–H groups in total. The molecule has 1 unspecified atom stereocenters. The first kappa shape index (κ1) is 16.0. The molecule has 1 fully saturated rings. The highest BCUT2D eigenvalue weighted by molar-refractivity contribution is 7.92. The van der Waals surface area contributed by atoms with Crippen LogP contribution in [-0.2, 0) is 10.0 Å². The molecule has 0 amide bonds. The normalized spacial score (nSPS) is 16.6. The summed E-state index contributed by atoms with van der Waals surface area (Å²) in [6.45, 7) is 2.03. The van der Waals surface area contributed by atoms with Gasteiger partial charge in [0.2, 0.25) is 10.0 Å². The first-order valence-electron chi connectivity index (χ1n) is 7.85. The Bertz CT molecular complexity index is 776. The van der Waals surface area contributed by atoms with Gasteiger partial charge in [-0.15, -0.1) is 0 Å². The number of rotatable bonds is 6. The van der Waals surface area contributed by atoms with E-state index in [0.29, 0.717) is 5.92 Å². The fraction of sp³-hybridized carbons (Fsp3) is 0.263. The van der Waals surface area contributed by atoms with Crippen LogP contribution in [0.5, 0.6) is 0 Å². The van der Waals surface area contributed by atoms with Crippen LogP contribution >= 0.6 is 0 Å². The highest BCUT2D eigenvalue weighted by Gasteiger charge is 2.34. The van der Waals surface area contributed by atoms with Gasteiger partial charge in [0.05, 0.1) is 0 Å². The number of hydrogen-bond donors (Lipinski definition) is 1. The van der Waals surface area contributed by atoms with E-state index in [9.17, 15) is 8.42 Å². The molecule has 0 spiro atoms. The summed E-state index contributed by atoms with van der Waals surface area (Å²) in [6, 6.07) is 17.4. The van der Waals surface area contributed by atoms with Gasteiger partial charge < -0.3 is 0 Å². The molecule has 120 valence electrons. The fourth-order valence-electron chi connectivity index (χ4n) is 2.59. The van der Waals surface area contributed by atoms with Crippen LogP contribution in [-0.4, -0.2) is 8.42 Å². The smallest absolute Gasteiger partial charge is 0.208 e. The molecule has 1 aliphatic rings. The van der Waals surface area contributed by atoms with E-state index in [-0.39, 0.29) is 6.04 Å². The van der Waals surface area contributed by atoms with Gasteiger partial charge in [-0.25, -0.2) is 13.1 Å². The SMILES string of the molecule is Cc1ccc(C(NS(=O)(=O)/C=C/c2ccccc2)C2CC2)cc1. The van der Waals surface area contributed by atoms with Crippen LogP contribution in [0.1, 0.15) is 35.6 Å². The maximum Gasteiger partial charge on any atom is 0.234 e. The molecule has 1 aliphatic carbocycles. The zero-order valence-electron chi connectivity index (χ0n) is 13.1. The molecule has 3 rings (SSSR count). The Morgan fingerprint density at radius 3 is 2.30 bits per heavy atom. The highest BCUT2D eigenvalue weighted by atomic mass is 32.2. The van der Waals surface area contributed by atoms with E-state index >= 15 is 0 Å². The molecule has 1 saturated carbocycles. The number of nitrogens with one attached hydrogen (secondary N) is 1. The molecule has 0 aromatic heterocycles. The van der Waals surface area contributed by atoms with Crippen molar-refractivity contribution in [3.05, 3.63) is 76.7 Å². The Morgan fingerprint density at radius 1 is 1.04 bits per heavy atom. The lowest BCUT2D eigenvalue weighted by Crippen LogP contribution is -2.28. The van der Waals surface area contributed by atoms with Gasteiger partial charge in [0.1, 0.15) is 0 Å². The van der Waals surface area contributed by atoms with Gasteiger partial charge in [-0.05, 0) is 42.9 Å². The van der Waals surface area contributed by atoms with Gasteiger partial charge in [-0.2, -0.15) is 0 Å². The topological polar surface area (TPSA) is 46.2 Å². The lowest BCUT2D eigenvalue weighted by atomic mass is 10.0. The third kappa shape index (κ3) is 4.53. The average molecular weight is 327 g/mol. The van der Waals surface area contributed by atoms with Crippen LogP contribution in [0.15, 0.2) is 60.0 Å². The minimum absolute atomic E-state index is 0.138. The summed E-state index contributed by atoms with van der Waals surface area (Å²) in [5.41, 5.74) is 3.08. The molecular formula is C19H21NO2S. The second-order valence-corrected chi connectivity index (χ2v) is 7.70. The fourth-order valence-corrected chi connectivity index (χ4v) is 3.69. The Balaban J connectivity index is 1.77. The third-order valence-electron chi connectivity index (χ3n) is 4.06. The predicted octanol–water partition coefficient (Wildman–Crippen LogP) is 4.04. The molecule has 2 aromatic carbocycles. The van der Waals surface area contributed by atoms with Gasteiger partial charge in [-0.3, -0.25) is 0 Å². The van der Waals surface area contributed by atoms with E-state index in [1.54, 1.807) is 6.08 Å². The average Bonchev–Trinajstić information content (AvgIpc) is 3.38. The molecule has 0 saturated heterocycles. The summed E-state index contributed by atoms with van der Waals surface area (Å²) < 4.78 is 27.6. The maximum atomic E-state index is 12.4. The third-order valence-corrected chi connectivity index (χ3v) is 5.14. The van der Waals surface area contributed by atoms with E-state index in [2.05, 4.69) is 4.72 Å². The van der Waals surface area contributed by atoms with Gasteiger partial charge >= 0.3 is 0 Å². The van der Waals surface area contributed by atoms with Crippen LogP contribution < -0.4 is 4.72 Å². The van der Waals surface area contributed by atoms with Crippen LogP contribution in [0.25, 0.3) is 6.08 Å². The lowest BCUT2D eigenvalue weighted by Gasteiger charge is -2.17. The Morgan fingerprint density at radius 2 is 1.70 bits per heavy atom. The van der Waals surface area contributed by atoms with Crippen molar-refractivity contribution in [3.8, 4) is 0 Å². The summed E-state index contributed by atoms with van der Waals surface area (Å²) in [4.78, 5) is 0. The molecule has 0 bridgehead atoms. The van der Waals surface area contributed by atoms with Crippen molar-refractivity contribution >= 4 is 16.1 Å². The molecule has 4 heteroatoms. The number of hydrogen-bond acceptors (Lipinski definition) is 2. The Labute approximate surface area is 138 Å². The van der Waals surface area contributed by atoms with Crippen molar-refractivity contribution in [2.24, 2.45) is 5.92 Å². The summed E-state index contributed by atoms with van der Waals surface area (Å²) in [7, 11) is -3.47. The molecule has 0 heterocycles. The van der Waals surface area contributed by atoms with E-state index < -0.39 is 10.0 Å². The van der Waals surface area contributed by atoms with Gasteiger partial charge in [0.25, 0.3) is 0 Å².